The minimum Gasteiger partial charge on any atom is -0.490 e. The fourth-order valence-electron chi connectivity index (χ4n) is 2.90. The third-order valence-electron chi connectivity index (χ3n) is 4.26. The van der Waals surface area contributed by atoms with Crippen LogP contribution in [0.3, 0.4) is 0 Å². The fraction of sp³-hybridized carbons (Fsp3) is 0.333. The Morgan fingerprint density at radius 2 is 2.28 bits per heavy atom. The number of hydrogen-bond acceptors (Lipinski definition) is 6. The van der Waals surface area contributed by atoms with Crippen LogP contribution in [0, 0.1) is 6.92 Å². The Hall–Kier alpha value is -2.31. The maximum atomic E-state index is 6.03. The van der Waals surface area contributed by atoms with Crippen LogP contribution in [0.15, 0.2) is 40.9 Å². The predicted molar refractivity (Wildman–Crippen MR) is 97.5 cm³/mol. The second kappa shape index (κ2) is 6.90. The molecule has 0 radical (unpaired) electrons. The number of oxazole rings is 1. The van der Waals surface area contributed by atoms with Crippen molar-refractivity contribution in [2.45, 2.75) is 13.0 Å². The standard InChI is InChI=1S/C18H19ClN4O2/c1-12-2-4-15(10-21-12)24-11-14-9-20-6-7-23(14)18-22-16-5-3-13(19)8-17(16)25-18/h2-5,8,10,14,20H,6-7,9,11H2,1H3. The zero-order valence-electron chi connectivity index (χ0n) is 13.9. The Labute approximate surface area is 150 Å². The maximum absolute atomic E-state index is 6.03. The number of fused-ring (bicyclic) bond motifs is 1. The molecule has 0 amide bonds. The summed E-state index contributed by atoms with van der Waals surface area (Å²) in [6.45, 7) is 4.97. The molecule has 2 aromatic heterocycles. The molecule has 1 aliphatic heterocycles. The van der Waals surface area contributed by atoms with Crippen molar-refractivity contribution in [1.29, 1.82) is 0 Å². The zero-order valence-corrected chi connectivity index (χ0v) is 14.7. The van der Waals surface area contributed by atoms with Crippen molar-refractivity contribution in [3.05, 3.63) is 47.2 Å². The fourth-order valence-corrected chi connectivity index (χ4v) is 3.06. The largest absolute Gasteiger partial charge is 0.490 e. The van der Waals surface area contributed by atoms with Crippen LogP contribution in [0.4, 0.5) is 6.01 Å². The number of nitrogens with one attached hydrogen (secondary N) is 1. The Morgan fingerprint density at radius 3 is 3.12 bits per heavy atom. The van der Waals surface area contributed by atoms with E-state index in [-0.39, 0.29) is 6.04 Å². The molecule has 0 saturated carbocycles. The molecule has 3 aromatic rings. The number of piperazine rings is 1. The van der Waals surface area contributed by atoms with E-state index in [1.165, 1.54) is 0 Å². The van der Waals surface area contributed by atoms with Gasteiger partial charge in [0.2, 0.25) is 0 Å². The first-order chi connectivity index (χ1) is 12.2. The molecule has 1 N–H and O–H groups in total. The first-order valence-corrected chi connectivity index (χ1v) is 8.66. The van der Waals surface area contributed by atoms with Crippen molar-refractivity contribution in [2.24, 2.45) is 0 Å². The van der Waals surface area contributed by atoms with Gasteiger partial charge >= 0.3 is 0 Å². The first kappa shape index (κ1) is 16.2. The molecule has 0 bridgehead atoms. The molecule has 7 heteroatoms. The van der Waals surface area contributed by atoms with Crippen molar-refractivity contribution in [1.82, 2.24) is 15.3 Å². The van der Waals surface area contributed by atoms with E-state index in [9.17, 15) is 0 Å². The van der Waals surface area contributed by atoms with Gasteiger partial charge in [-0.25, -0.2) is 0 Å². The van der Waals surface area contributed by atoms with Crippen LogP contribution in [-0.4, -0.2) is 42.3 Å². The maximum Gasteiger partial charge on any atom is 0.298 e. The highest BCUT2D eigenvalue weighted by Gasteiger charge is 2.27. The van der Waals surface area contributed by atoms with Gasteiger partial charge in [0.25, 0.3) is 6.01 Å². The van der Waals surface area contributed by atoms with Crippen LogP contribution in [0.25, 0.3) is 11.1 Å². The molecule has 1 saturated heterocycles. The van der Waals surface area contributed by atoms with Crippen molar-refractivity contribution >= 4 is 28.7 Å². The summed E-state index contributed by atoms with van der Waals surface area (Å²) in [7, 11) is 0. The molecule has 4 rings (SSSR count). The van der Waals surface area contributed by atoms with Gasteiger partial charge in [0, 0.05) is 36.4 Å². The highest BCUT2D eigenvalue weighted by Crippen LogP contribution is 2.26. The molecule has 1 aliphatic rings. The lowest BCUT2D eigenvalue weighted by Gasteiger charge is -2.34. The molecule has 3 heterocycles. The average molecular weight is 359 g/mol. The molecule has 130 valence electrons. The van der Waals surface area contributed by atoms with Crippen molar-refractivity contribution in [3.63, 3.8) is 0 Å². The number of benzene rings is 1. The van der Waals surface area contributed by atoms with Crippen LogP contribution in [-0.2, 0) is 0 Å². The summed E-state index contributed by atoms with van der Waals surface area (Å²) in [4.78, 5) is 11.0. The van der Waals surface area contributed by atoms with E-state index < -0.39 is 0 Å². The Bertz CT molecular complexity index is 865. The molecule has 0 spiro atoms. The van der Waals surface area contributed by atoms with Crippen molar-refractivity contribution in [2.75, 3.05) is 31.1 Å². The van der Waals surface area contributed by atoms with Crippen LogP contribution in [0.2, 0.25) is 5.02 Å². The average Bonchev–Trinajstić information content (AvgIpc) is 3.04. The highest BCUT2D eigenvalue weighted by molar-refractivity contribution is 6.31. The summed E-state index contributed by atoms with van der Waals surface area (Å²) >= 11 is 6.03. The molecule has 1 atom stereocenters. The second-order valence-electron chi connectivity index (χ2n) is 6.11. The number of aryl methyl sites for hydroxylation is 1. The quantitative estimate of drug-likeness (QED) is 0.773. The van der Waals surface area contributed by atoms with Gasteiger partial charge in [0.1, 0.15) is 17.9 Å². The van der Waals surface area contributed by atoms with Crippen molar-refractivity contribution in [3.8, 4) is 5.75 Å². The number of anilines is 1. The van der Waals surface area contributed by atoms with Crippen LogP contribution >= 0.6 is 11.6 Å². The molecule has 1 aromatic carbocycles. The lowest BCUT2D eigenvalue weighted by atomic mass is 10.2. The van der Waals surface area contributed by atoms with E-state index in [1.807, 2.05) is 31.2 Å². The molecule has 25 heavy (non-hydrogen) atoms. The van der Waals surface area contributed by atoms with Crippen LogP contribution < -0.4 is 15.0 Å². The summed E-state index contributed by atoms with van der Waals surface area (Å²) < 4.78 is 11.8. The van der Waals surface area contributed by atoms with Gasteiger partial charge in [-0.15, -0.1) is 0 Å². The third-order valence-corrected chi connectivity index (χ3v) is 4.50. The van der Waals surface area contributed by atoms with E-state index in [0.717, 1.165) is 36.6 Å². The predicted octanol–water partition coefficient (Wildman–Crippen LogP) is 3.04. The number of hydrogen-bond donors (Lipinski definition) is 1. The number of aromatic nitrogens is 2. The monoisotopic (exact) mass is 358 g/mol. The Kier molecular flexibility index (Phi) is 4.46. The van der Waals surface area contributed by atoms with Gasteiger partial charge in [0.15, 0.2) is 5.58 Å². The summed E-state index contributed by atoms with van der Waals surface area (Å²) in [6.07, 6.45) is 1.75. The normalized spacial score (nSPS) is 17.8. The summed E-state index contributed by atoms with van der Waals surface area (Å²) in [5, 5.41) is 4.04. The number of pyridine rings is 1. The van der Waals surface area contributed by atoms with Gasteiger partial charge in [0.05, 0.1) is 12.2 Å². The van der Waals surface area contributed by atoms with E-state index in [1.54, 1.807) is 12.3 Å². The molecular weight excluding hydrogens is 340 g/mol. The number of nitrogens with zero attached hydrogens (tertiary/aromatic N) is 3. The zero-order chi connectivity index (χ0) is 17.2. The summed E-state index contributed by atoms with van der Waals surface area (Å²) in [5.74, 6) is 0.764. The molecule has 1 fully saturated rings. The number of ether oxygens (including phenoxy) is 1. The van der Waals surface area contributed by atoms with Gasteiger partial charge in [-0.05, 0) is 31.2 Å². The first-order valence-electron chi connectivity index (χ1n) is 8.28. The lowest BCUT2D eigenvalue weighted by Crippen LogP contribution is -2.54. The Morgan fingerprint density at radius 1 is 1.36 bits per heavy atom. The smallest absolute Gasteiger partial charge is 0.298 e. The SMILES string of the molecule is Cc1ccc(OCC2CNCCN2c2nc3ccc(Cl)cc3o2)cn1. The highest BCUT2D eigenvalue weighted by atomic mass is 35.5. The lowest BCUT2D eigenvalue weighted by molar-refractivity contribution is 0.261. The Balaban J connectivity index is 1.52. The minimum absolute atomic E-state index is 0.124. The van der Waals surface area contributed by atoms with Gasteiger partial charge < -0.3 is 19.4 Å². The van der Waals surface area contributed by atoms with Gasteiger partial charge in [-0.1, -0.05) is 11.6 Å². The van der Waals surface area contributed by atoms with Gasteiger partial charge in [-0.3, -0.25) is 4.98 Å². The van der Waals surface area contributed by atoms with E-state index in [4.69, 9.17) is 20.8 Å². The molecular formula is C18H19ClN4O2. The molecule has 1 unspecified atom stereocenters. The third kappa shape index (κ3) is 3.55. The summed E-state index contributed by atoms with van der Waals surface area (Å²) in [5.41, 5.74) is 2.47. The summed E-state index contributed by atoms with van der Waals surface area (Å²) in [6, 6.07) is 10.1. The van der Waals surface area contributed by atoms with Crippen molar-refractivity contribution < 1.29 is 9.15 Å². The second-order valence-corrected chi connectivity index (χ2v) is 6.54. The minimum atomic E-state index is 0.124. The van der Waals surface area contributed by atoms with E-state index in [2.05, 4.69) is 20.2 Å². The van der Waals surface area contributed by atoms with Gasteiger partial charge in [-0.2, -0.15) is 4.98 Å². The van der Waals surface area contributed by atoms with Crippen LogP contribution in [0.1, 0.15) is 5.69 Å². The van der Waals surface area contributed by atoms with E-state index in [0.29, 0.717) is 23.2 Å². The van der Waals surface area contributed by atoms with Crippen LogP contribution in [0.5, 0.6) is 5.75 Å². The number of halogens is 1. The van der Waals surface area contributed by atoms with E-state index >= 15 is 0 Å². The molecule has 6 nitrogen and oxygen atoms in total. The molecule has 0 aliphatic carbocycles. The number of rotatable bonds is 4. The topological polar surface area (TPSA) is 63.4 Å².